The monoisotopic (exact) mass is 187 g/mol. The molecule has 1 atom stereocenters. The van der Waals surface area contributed by atoms with Gasteiger partial charge in [0.15, 0.2) is 6.29 Å². The quantitative estimate of drug-likeness (QED) is 0.401. The van der Waals surface area contributed by atoms with Gasteiger partial charge in [0.05, 0.1) is 0 Å². The van der Waals surface area contributed by atoms with Gasteiger partial charge in [-0.3, -0.25) is 0 Å². The molecule has 13 heavy (non-hydrogen) atoms. The van der Waals surface area contributed by atoms with E-state index in [0.29, 0.717) is 6.42 Å². The minimum absolute atomic E-state index is 0.671. The predicted octanol–water partition coefficient (Wildman–Crippen LogP) is 3.53. The van der Waals surface area contributed by atoms with Crippen molar-refractivity contribution in [1.29, 1.82) is 0 Å². The molecule has 0 aromatic heterocycles. The average molecular weight is 187 g/mol. The summed E-state index contributed by atoms with van der Waals surface area (Å²) >= 11 is 0. The minimum Gasteiger partial charge on any atom is -0.353 e. The zero-order valence-corrected chi connectivity index (χ0v) is 9.05. The summed E-state index contributed by atoms with van der Waals surface area (Å²) < 4.78 is 4.64. The molecule has 79 valence electrons. The second kappa shape index (κ2) is 10.0. The topological polar surface area (TPSA) is 29.1 Å². The summed E-state index contributed by atoms with van der Waals surface area (Å²) in [6.45, 7) is 2.22. The van der Waals surface area contributed by atoms with E-state index in [0.717, 1.165) is 6.42 Å². The highest BCUT2D eigenvalue weighted by Gasteiger charge is 2.01. The van der Waals surface area contributed by atoms with Crippen molar-refractivity contribution in [3.05, 3.63) is 0 Å². The van der Waals surface area contributed by atoms with Crippen LogP contribution in [0.5, 0.6) is 0 Å². The summed E-state index contributed by atoms with van der Waals surface area (Å²) in [5, 5.41) is 10.8. The maximum absolute atomic E-state index is 10.8. The van der Waals surface area contributed by atoms with Gasteiger partial charge in [0.25, 0.3) is 0 Å². The Morgan fingerprint density at radius 2 is 1.54 bits per heavy atom. The predicted molar refractivity (Wildman–Crippen MR) is 54.1 cm³/mol. The second-order valence-electron chi connectivity index (χ2n) is 3.58. The fourth-order valence-electron chi connectivity index (χ4n) is 1.39. The lowest BCUT2D eigenvalue weighted by Gasteiger charge is -2.05. The van der Waals surface area contributed by atoms with Crippen LogP contribution in [0.2, 0.25) is 0 Å². The Hall–Kier alpha value is -0.0800. The van der Waals surface area contributed by atoms with Crippen molar-refractivity contribution >= 4 is 0 Å². The number of unbranched alkanes of at least 4 members (excludes halogenated alkanes) is 6. The Bertz CT molecular complexity index is 94.1. The highest BCUT2D eigenvalue weighted by molar-refractivity contribution is 4.47. The molecule has 1 unspecified atom stereocenters. The number of hydrogen-bond acceptors (Lipinski definition) is 1. The van der Waals surface area contributed by atoms with Crippen LogP contribution in [0.4, 0.5) is 0 Å². The molecule has 0 rings (SSSR count). The zero-order valence-electron chi connectivity index (χ0n) is 9.05. The van der Waals surface area contributed by atoms with E-state index in [1.54, 1.807) is 0 Å². The second-order valence-corrected chi connectivity index (χ2v) is 3.58. The van der Waals surface area contributed by atoms with Gasteiger partial charge < -0.3 is 4.74 Å². The molecule has 2 nitrogen and oxygen atoms in total. The first kappa shape index (κ1) is 12.9. The molecular formula is C11H23O2. The highest BCUT2D eigenvalue weighted by Crippen LogP contribution is 2.09. The largest absolute Gasteiger partial charge is 0.353 e. The molecule has 0 N–H and O–H groups in total. The summed E-state index contributed by atoms with van der Waals surface area (Å²) in [5.41, 5.74) is 0. The molecule has 0 amide bonds. The van der Waals surface area contributed by atoms with Gasteiger partial charge in [-0.05, 0) is 6.42 Å². The van der Waals surface area contributed by atoms with Crippen LogP contribution in [0.25, 0.3) is 0 Å². The van der Waals surface area contributed by atoms with E-state index < -0.39 is 6.29 Å². The van der Waals surface area contributed by atoms with Gasteiger partial charge in [-0.1, -0.05) is 45.4 Å². The minimum atomic E-state index is -0.796. The number of rotatable bonds is 9. The lowest BCUT2D eigenvalue weighted by molar-refractivity contribution is -0.123. The Balaban J connectivity index is 2.91. The Labute approximate surface area is 82.3 Å². The fourth-order valence-corrected chi connectivity index (χ4v) is 1.39. The van der Waals surface area contributed by atoms with Gasteiger partial charge in [0.1, 0.15) is 0 Å². The standard InChI is InChI=1S/C11H23O2/c1-3-4-5-6-7-8-9-10-11(12)13-2/h11H,3-10H2,1-2H3. The molecule has 0 saturated carbocycles. The van der Waals surface area contributed by atoms with Crippen molar-refractivity contribution in [3.63, 3.8) is 0 Å². The van der Waals surface area contributed by atoms with Gasteiger partial charge >= 0.3 is 0 Å². The third kappa shape index (κ3) is 9.84. The maximum Gasteiger partial charge on any atom is 0.190 e. The van der Waals surface area contributed by atoms with Crippen molar-refractivity contribution in [3.8, 4) is 0 Å². The first-order valence-electron chi connectivity index (χ1n) is 5.50. The molecule has 2 heteroatoms. The fraction of sp³-hybridized carbons (Fsp3) is 1.00. The molecule has 1 radical (unpaired) electrons. The van der Waals surface area contributed by atoms with Crippen molar-refractivity contribution in [2.75, 3.05) is 7.11 Å². The lowest BCUT2D eigenvalue weighted by atomic mass is 10.1. The average Bonchev–Trinajstić information content (AvgIpc) is 2.16. The van der Waals surface area contributed by atoms with Gasteiger partial charge in [-0.25, -0.2) is 5.11 Å². The lowest BCUT2D eigenvalue weighted by Crippen LogP contribution is -2.05. The molecule has 0 saturated heterocycles. The summed E-state index contributed by atoms with van der Waals surface area (Å²) in [4.78, 5) is 0. The summed E-state index contributed by atoms with van der Waals surface area (Å²) in [7, 11) is 1.49. The van der Waals surface area contributed by atoms with Crippen LogP contribution in [0.1, 0.15) is 58.3 Å². The third-order valence-electron chi connectivity index (χ3n) is 2.31. The molecule has 0 fully saturated rings. The van der Waals surface area contributed by atoms with Gasteiger partial charge in [-0.15, -0.1) is 0 Å². The summed E-state index contributed by atoms with van der Waals surface area (Å²) in [6.07, 6.45) is 8.68. The van der Waals surface area contributed by atoms with Crippen LogP contribution in [0.15, 0.2) is 0 Å². The van der Waals surface area contributed by atoms with E-state index in [9.17, 15) is 5.11 Å². The number of methoxy groups -OCH3 is 1. The summed E-state index contributed by atoms with van der Waals surface area (Å²) in [6, 6.07) is 0. The maximum atomic E-state index is 10.8. The molecule has 0 aliphatic rings. The highest BCUT2D eigenvalue weighted by atomic mass is 16.6. The number of hydrogen-bond donors (Lipinski definition) is 0. The smallest absolute Gasteiger partial charge is 0.190 e. The molecule has 0 aromatic rings. The van der Waals surface area contributed by atoms with Gasteiger partial charge in [0, 0.05) is 13.5 Å². The van der Waals surface area contributed by atoms with Crippen LogP contribution in [0.3, 0.4) is 0 Å². The van der Waals surface area contributed by atoms with Crippen molar-refractivity contribution < 1.29 is 9.84 Å². The van der Waals surface area contributed by atoms with E-state index in [4.69, 9.17) is 0 Å². The molecular weight excluding hydrogens is 164 g/mol. The first-order chi connectivity index (χ1) is 6.31. The zero-order chi connectivity index (χ0) is 9.94. The molecule has 0 bridgehead atoms. The number of ether oxygens (including phenoxy) is 1. The van der Waals surface area contributed by atoms with Crippen molar-refractivity contribution in [1.82, 2.24) is 0 Å². The van der Waals surface area contributed by atoms with Crippen LogP contribution in [-0.2, 0) is 9.84 Å². The van der Waals surface area contributed by atoms with Crippen LogP contribution < -0.4 is 0 Å². The molecule has 0 aromatic carbocycles. The van der Waals surface area contributed by atoms with E-state index in [1.807, 2.05) is 0 Å². The van der Waals surface area contributed by atoms with E-state index in [2.05, 4.69) is 11.7 Å². The Morgan fingerprint density at radius 3 is 2.08 bits per heavy atom. The van der Waals surface area contributed by atoms with E-state index in [1.165, 1.54) is 45.6 Å². The Morgan fingerprint density at radius 1 is 1.00 bits per heavy atom. The van der Waals surface area contributed by atoms with Crippen LogP contribution in [0, 0.1) is 0 Å². The van der Waals surface area contributed by atoms with Gasteiger partial charge in [0.2, 0.25) is 0 Å². The van der Waals surface area contributed by atoms with E-state index in [-0.39, 0.29) is 0 Å². The third-order valence-corrected chi connectivity index (χ3v) is 2.31. The van der Waals surface area contributed by atoms with Crippen LogP contribution >= 0.6 is 0 Å². The Kier molecular flexibility index (Phi) is 9.94. The molecule has 0 spiro atoms. The molecule has 0 aliphatic heterocycles. The first-order valence-corrected chi connectivity index (χ1v) is 5.50. The SMILES string of the molecule is CCCCCCCCCC([O])OC. The molecule has 0 aliphatic carbocycles. The van der Waals surface area contributed by atoms with Crippen molar-refractivity contribution in [2.45, 2.75) is 64.6 Å². The van der Waals surface area contributed by atoms with Gasteiger partial charge in [-0.2, -0.15) is 0 Å². The van der Waals surface area contributed by atoms with Crippen LogP contribution in [-0.4, -0.2) is 13.4 Å². The summed E-state index contributed by atoms with van der Waals surface area (Å²) in [5.74, 6) is 0. The van der Waals surface area contributed by atoms with E-state index >= 15 is 0 Å². The van der Waals surface area contributed by atoms with Crippen molar-refractivity contribution in [2.24, 2.45) is 0 Å². The normalized spacial score (nSPS) is 13.2. The molecule has 0 heterocycles.